The molecule has 1 aliphatic heterocycles. The van der Waals surface area contributed by atoms with E-state index in [-0.39, 0.29) is 30.4 Å². The molecule has 4 aromatic rings. The fraction of sp³-hybridized carbons (Fsp3) is 0.200. The van der Waals surface area contributed by atoms with Crippen molar-refractivity contribution in [3.05, 3.63) is 113 Å². The molecule has 1 fully saturated rings. The molecule has 2 amide bonds. The SMILES string of the molecule is COc1ccc(C2c3cccn3-c3ccccc3N2C(=O)CN(C(=O)c2cccc(Cl)c2)C2CC2)cc1. The van der Waals surface area contributed by atoms with E-state index in [9.17, 15) is 9.59 Å². The second-order valence-electron chi connectivity index (χ2n) is 9.41. The maximum Gasteiger partial charge on any atom is 0.254 e. The lowest BCUT2D eigenvalue weighted by Crippen LogP contribution is -2.47. The van der Waals surface area contributed by atoms with Crippen LogP contribution in [0.15, 0.2) is 91.1 Å². The zero-order valence-electron chi connectivity index (χ0n) is 20.4. The molecule has 1 aromatic heterocycles. The standard InChI is InChI=1S/C30H26ClN3O3/c1-37-24-15-11-20(12-16-24)29-27-10-5-17-32(27)25-8-2-3-9-26(25)34(29)28(35)19-33(23-13-14-23)30(36)21-6-4-7-22(31)18-21/h2-12,15-18,23,29H,13-14,19H2,1H3. The largest absolute Gasteiger partial charge is 0.497 e. The number of carbonyl (C=O) groups is 2. The van der Waals surface area contributed by atoms with Crippen LogP contribution in [0.5, 0.6) is 5.75 Å². The van der Waals surface area contributed by atoms with Crippen LogP contribution < -0.4 is 9.64 Å². The van der Waals surface area contributed by atoms with Crippen molar-refractivity contribution in [2.75, 3.05) is 18.6 Å². The highest BCUT2D eigenvalue weighted by molar-refractivity contribution is 6.31. The van der Waals surface area contributed by atoms with E-state index in [1.807, 2.05) is 71.8 Å². The number of benzene rings is 3. The molecule has 0 spiro atoms. The van der Waals surface area contributed by atoms with Crippen LogP contribution in [0.1, 0.15) is 40.5 Å². The Morgan fingerprint density at radius 3 is 2.41 bits per heavy atom. The van der Waals surface area contributed by atoms with Gasteiger partial charge in [-0.1, -0.05) is 41.9 Å². The molecule has 2 aliphatic rings. The maximum absolute atomic E-state index is 14.2. The number of rotatable bonds is 6. The van der Waals surface area contributed by atoms with E-state index >= 15 is 0 Å². The molecule has 7 heteroatoms. The fourth-order valence-electron chi connectivity index (χ4n) is 5.13. The third-order valence-corrected chi connectivity index (χ3v) is 7.28. The number of aromatic nitrogens is 1. The second-order valence-corrected chi connectivity index (χ2v) is 9.84. The number of carbonyl (C=O) groups excluding carboxylic acids is 2. The van der Waals surface area contributed by atoms with Crippen molar-refractivity contribution >= 4 is 29.1 Å². The van der Waals surface area contributed by atoms with Crippen LogP contribution in [0.3, 0.4) is 0 Å². The highest BCUT2D eigenvalue weighted by Crippen LogP contribution is 2.43. The van der Waals surface area contributed by atoms with Crippen molar-refractivity contribution in [2.24, 2.45) is 0 Å². The third kappa shape index (κ3) is 4.27. The summed E-state index contributed by atoms with van der Waals surface area (Å²) in [6.07, 6.45) is 3.80. The smallest absolute Gasteiger partial charge is 0.254 e. The fourth-order valence-corrected chi connectivity index (χ4v) is 5.32. The average molecular weight is 512 g/mol. The summed E-state index contributed by atoms with van der Waals surface area (Å²) in [6.45, 7) is -0.0162. The van der Waals surface area contributed by atoms with Gasteiger partial charge in [0.25, 0.3) is 5.91 Å². The minimum atomic E-state index is -0.356. The van der Waals surface area contributed by atoms with Crippen molar-refractivity contribution < 1.29 is 14.3 Å². The molecule has 0 N–H and O–H groups in total. The second kappa shape index (κ2) is 9.45. The summed E-state index contributed by atoms with van der Waals surface area (Å²) in [6, 6.07) is 26.3. The topological polar surface area (TPSA) is 54.8 Å². The summed E-state index contributed by atoms with van der Waals surface area (Å²) in [5, 5.41) is 0.498. The van der Waals surface area contributed by atoms with Crippen LogP contribution in [0.2, 0.25) is 5.02 Å². The molecule has 6 rings (SSSR count). The Morgan fingerprint density at radius 1 is 0.946 bits per heavy atom. The van der Waals surface area contributed by atoms with E-state index in [0.717, 1.165) is 41.2 Å². The van der Waals surface area contributed by atoms with Crippen LogP contribution in [0.4, 0.5) is 5.69 Å². The van der Waals surface area contributed by atoms with Gasteiger partial charge in [-0.3, -0.25) is 14.5 Å². The van der Waals surface area contributed by atoms with E-state index in [2.05, 4.69) is 4.57 Å². The number of anilines is 1. The lowest BCUT2D eigenvalue weighted by molar-refractivity contribution is -0.119. The first-order valence-corrected chi connectivity index (χ1v) is 12.7. The maximum atomic E-state index is 14.2. The van der Waals surface area contributed by atoms with Crippen molar-refractivity contribution in [3.63, 3.8) is 0 Å². The minimum absolute atomic E-state index is 0.0162. The molecule has 2 heterocycles. The Labute approximate surface area is 220 Å². The van der Waals surface area contributed by atoms with Gasteiger partial charge in [0.1, 0.15) is 18.3 Å². The van der Waals surface area contributed by atoms with Gasteiger partial charge in [0.2, 0.25) is 5.91 Å². The molecule has 1 atom stereocenters. The predicted molar refractivity (Wildman–Crippen MR) is 144 cm³/mol. The Morgan fingerprint density at radius 2 is 1.70 bits per heavy atom. The molecule has 3 aromatic carbocycles. The van der Waals surface area contributed by atoms with Crippen LogP contribution in [-0.4, -0.2) is 41.0 Å². The zero-order chi connectivity index (χ0) is 25.5. The molecule has 1 aliphatic carbocycles. The summed E-state index contributed by atoms with van der Waals surface area (Å²) >= 11 is 6.16. The van der Waals surface area contributed by atoms with Gasteiger partial charge >= 0.3 is 0 Å². The lowest BCUT2D eigenvalue weighted by atomic mass is 9.97. The predicted octanol–water partition coefficient (Wildman–Crippen LogP) is 5.88. The number of hydrogen-bond acceptors (Lipinski definition) is 3. The Hall–Kier alpha value is -4.03. The molecular formula is C30H26ClN3O3. The lowest BCUT2D eigenvalue weighted by Gasteiger charge is -2.39. The number of hydrogen-bond donors (Lipinski definition) is 0. The number of amides is 2. The molecule has 0 radical (unpaired) electrons. The number of para-hydroxylation sites is 2. The number of nitrogens with zero attached hydrogens (tertiary/aromatic N) is 3. The van der Waals surface area contributed by atoms with E-state index in [1.54, 1.807) is 36.3 Å². The van der Waals surface area contributed by atoms with Crippen molar-refractivity contribution in [3.8, 4) is 11.4 Å². The molecule has 1 saturated carbocycles. The molecule has 0 bridgehead atoms. The summed E-state index contributed by atoms with van der Waals surface area (Å²) in [4.78, 5) is 31.3. The Bertz CT molecular complexity index is 1480. The summed E-state index contributed by atoms with van der Waals surface area (Å²) in [5.74, 6) is 0.441. The number of halogens is 1. The van der Waals surface area contributed by atoms with Gasteiger partial charge < -0.3 is 14.2 Å². The quantitative estimate of drug-likeness (QED) is 0.325. The average Bonchev–Trinajstić information content (AvgIpc) is 3.65. The minimum Gasteiger partial charge on any atom is -0.497 e. The van der Waals surface area contributed by atoms with Gasteiger partial charge in [0.15, 0.2) is 0 Å². The van der Waals surface area contributed by atoms with Gasteiger partial charge in [0.05, 0.1) is 24.2 Å². The third-order valence-electron chi connectivity index (χ3n) is 7.05. The van der Waals surface area contributed by atoms with E-state index in [4.69, 9.17) is 16.3 Å². The van der Waals surface area contributed by atoms with Crippen molar-refractivity contribution in [1.29, 1.82) is 0 Å². The first-order chi connectivity index (χ1) is 18.0. The first-order valence-electron chi connectivity index (χ1n) is 12.3. The highest BCUT2D eigenvalue weighted by atomic mass is 35.5. The number of ether oxygens (including phenoxy) is 1. The van der Waals surface area contributed by atoms with Crippen molar-refractivity contribution in [1.82, 2.24) is 9.47 Å². The monoisotopic (exact) mass is 511 g/mol. The molecule has 1 unspecified atom stereocenters. The number of methoxy groups -OCH3 is 1. The molecule has 186 valence electrons. The van der Waals surface area contributed by atoms with E-state index in [1.165, 1.54) is 0 Å². The molecular weight excluding hydrogens is 486 g/mol. The van der Waals surface area contributed by atoms with Gasteiger partial charge in [-0.2, -0.15) is 0 Å². The van der Waals surface area contributed by atoms with Crippen LogP contribution in [-0.2, 0) is 4.79 Å². The van der Waals surface area contributed by atoms with Crippen LogP contribution >= 0.6 is 11.6 Å². The van der Waals surface area contributed by atoms with Crippen LogP contribution in [0, 0.1) is 0 Å². The summed E-state index contributed by atoms with van der Waals surface area (Å²) < 4.78 is 7.49. The number of fused-ring (bicyclic) bond motifs is 3. The normalized spacial score (nSPS) is 16.1. The van der Waals surface area contributed by atoms with E-state index < -0.39 is 0 Å². The zero-order valence-corrected chi connectivity index (χ0v) is 21.1. The van der Waals surface area contributed by atoms with Gasteiger partial charge in [0, 0.05) is 22.8 Å². The Balaban J connectivity index is 1.40. The van der Waals surface area contributed by atoms with Crippen molar-refractivity contribution in [2.45, 2.75) is 24.9 Å². The van der Waals surface area contributed by atoms with Gasteiger partial charge in [-0.15, -0.1) is 0 Å². The van der Waals surface area contributed by atoms with Gasteiger partial charge in [-0.25, -0.2) is 0 Å². The summed E-state index contributed by atoms with van der Waals surface area (Å²) in [7, 11) is 1.64. The summed E-state index contributed by atoms with van der Waals surface area (Å²) in [5.41, 5.74) is 4.17. The molecule has 37 heavy (non-hydrogen) atoms. The molecule has 6 nitrogen and oxygen atoms in total. The molecule has 0 saturated heterocycles. The van der Waals surface area contributed by atoms with Crippen LogP contribution in [0.25, 0.3) is 5.69 Å². The Kier molecular flexibility index (Phi) is 5.97. The highest BCUT2D eigenvalue weighted by Gasteiger charge is 2.40. The first kappa shape index (κ1) is 23.4. The van der Waals surface area contributed by atoms with E-state index in [0.29, 0.717) is 10.6 Å². The van der Waals surface area contributed by atoms with Gasteiger partial charge in [-0.05, 0) is 73.0 Å².